The van der Waals surface area contributed by atoms with Gasteiger partial charge in [0.05, 0.1) is 0 Å². The SMILES string of the molecule is CCCC(C)(C)CC(=O)CO[P+](=O)O. The highest BCUT2D eigenvalue weighted by Crippen LogP contribution is 2.27. The average molecular weight is 221 g/mol. The van der Waals surface area contributed by atoms with Crippen LogP contribution in [0.25, 0.3) is 0 Å². The van der Waals surface area contributed by atoms with E-state index in [9.17, 15) is 9.36 Å². The second-order valence-electron chi connectivity index (χ2n) is 4.14. The normalized spacial score (nSPS) is 12.7. The van der Waals surface area contributed by atoms with Crippen LogP contribution in [0.15, 0.2) is 0 Å². The Hall–Kier alpha value is -0.310. The van der Waals surface area contributed by atoms with Gasteiger partial charge < -0.3 is 0 Å². The molecule has 1 N–H and O–H groups in total. The number of carbonyl (C=O) groups excluding carboxylic acids is 1. The van der Waals surface area contributed by atoms with Gasteiger partial charge in [-0.05, 0) is 11.8 Å². The van der Waals surface area contributed by atoms with E-state index in [4.69, 9.17) is 4.89 Å². The van der Waals surface area contributed by atoms with Crippen LogP contribution in [0.5, 0.6) is 0 Å². The first-order valence-electron chi connectivity index (χ1n) is 4.68. The summed E-state index contributed by atoms with van der Waals surface area (Å²) >= 11 is 0. The van der Waals surface area contributed by atoms with Gasteiger partial charge in [-0.3, -0.25) is 4.79 Å². The van der Waals surface area contributed by atoms with Crippen LogP contribution in [-0.2, 0) is 13.9 Å². The molecule has 0 radical (unpaired) electrons. The van der Waals surface area contributed by atoms with Crippen molar-refractivity contribution in [3.63, 3.8) is 0 Å². The highest BCUT2D eigenvalue weighted by molar-refractivity contribution is 7.32. The van der Waals surface area contributed by atoms with Gasteiger partial charge in [-0.15, -0.1) is 9.42 Å². The van der Waals surface area contributed by atoms with E-state index in [1.165, 1.54) is 0 Å². The molecule has 0 aliphatic rings. The third-order valence-electron chi connectivity index (χ3n) is 1.94. The zero-order valence-electron chi connectivity index (χ0n) is 8.95. The third kappa shape index (κ3) is 7.13. The summed E-state index contributed by atoms with van der Waals surface area (Å²) in [6.07, 6.45) is 2.38. The number of ketones is 1. The molecule has 0 fully saturated rings. The van der Waals surface area contributed by atoms with Crippen LogP contribution in [0, 0.1) is 5.41 Å². The van der Waals surface area contributed by atoms with Crippen molar-refractivity contribution in [2.24, 2.45) is 5.41 Å². The minimum atomic E-state index is -2.65. The van der Waals surface area contributed by atoms with Gasteiger partial charge in [-0.25, -0.2) is 0 Å². The van der Waals surface area contributed by atoms with E-state index in [-0.39, 0.29) is 17.8 Å². The van der Waals surface area contributed by atoms with Gasteiger partial charge in [0, 0.05) is 11.0 Å². The number of carbonyl (C=O) groups is 1. The Balaban J connectivity index is 3.86. The van der Waals surface area contributed by atoms with Crippen LogP contribution in [0.4, 0.5) is 0 Å². The molecular weight excluding hydrogens is 203 g/mol. The maximum atomic E-state index is 11.3. The molecule has 0 aliphatic carbocycles. The Kier molecular flexibility index (Phi) is 6.09. The minimum Gasteiger partial charge on any atom is -0.297 e. The lowest BCUT2D eigenvalue weighted by Crippen LogP contribution is -2.19. The van der Waals surface area contributed by atoms with E-state index in [0.717, 1.165) is 12.8 Å². The van der Waals surface area contributed by atoms with Gasteiger partial charge in [-0.1, -0.05) is 27.2 Å². The maximum Gasteiger partial charge on any atom is 0.695 e. The summed E-state index contributed by atoms with van der Waals surface area (Å²) in [6.45, 7) is 5.81. The smallest absolute Gasteiger partial charge is 0.297 e. The standard InChI is InChI=1S/C9H17O4P/c1-4-5-9(2,3)6-8(10)7-13-14(11)12/h4-7H2,1-3H3/p+1. The summed E-state index contributed by atoms with van der Waals surface area (Å²) in [6, 6.07) is 0. The molecule has 0 spiro atoms. The fourth-order valence-corrected chi connectivity index (χ4v) is 1.73. The average Bonchev–Trinajstić information content (AvgIpc) is 1.99. The molecule has 0 bridgehead atoms. The molecule has 5 heteroatoms. The van der Waals surface area contributed by atoms with Crippen LogP contribution in [0.2, 0.25) is 0 Å². The highest BCUT2D eigenvalue weighted by Gasteiger charge is 2.23. The van der Waals surface area contributed by atoms with Crippen molar-refractivity contribution in [3.05, 3.63) is 0 Å². The van der Waals surface area contributed by atoms with E-state index >= 15 is 0 Å². The summed E-state index contributed by atoms with van der Waals surface area (Å²) in [5.74, 6) is -0.124. The van der Waals surface area contributed by atoms with Gasteiger partial charge >= 0.3 is 8.25 Å². The molecular formula is C9H18O4P+. The maximum absolute atomic E-state index is 11.3. The van der Waals surface area contributed by atoms with Crippen molar-refractivity contribution in [1.82, 2.24) is 0 Å². The van der Waals surface area contributed by atoms with Crippen LogP contribution in [0.3, 0.4) is 0 Å². The zero-order chi connectivity index (χ0) is 11.2. The predicted molar refractivity (Wildman–Crippen MR) is 54.1 cm³/mol. The Morgan fingerprint density at radius 2 is 2.07 bits per heavy atom. The zero-order valence-corrected chi connectivity index (χ0v) is 9.84. The lowest BCUT2D eigenvalue weighted by molar-refractivity contribution is -0.123. The number of hydrogen-bond donors (Lipinski definition) is 1. The molecule has 0 amide bonds. The molecule has 1 atom stereocenters. The van der Waals surface area contributed by atoms with Crippen molar-refractivity contribution in [2.75, 3.05) is 6.61 Å². The van der Waals surface area contributed by atoms with Gasteiger partial charge in [-0.2, -0.15) is 0 Å². The van der Waals surface area contributed by atoms with Crippen LogP contribution in [-0.4, -0.2) is 17.3 Å². The number of Topliss-reactive ketones (excluding diaryl/α,β-unsaturated/α-hetero) is 1. The van der Waals surface area contributed by atoms with E-state index in [1.54, 1.807) is 0 Å². The topological polar surface area (TPSA) is 63.6 Å². The highest BCUT2D eigenvalue weighted by atomic mass is 31.1. The molecule has 0 saturated carbocycles. The van der Waals surface area contributed by atoms with Crippen molar-refractivity contribution in [1.29, 1.82) is 0 Å². The van der Waals surface area contributed by atoms with Crippen LogP contribution >= 0.6 is 8.25 Å². The molecule has 0 aromatic rings. The largest absolute Gasteiger partial charge is 0.695 e. The first-order valence-corrected chi connectivity index (χ1v) is 5.81. The molecule has 0 rings (SSSR count). The van der Waals surface area contributed by atoms with Crippen molar-refractivity contribution < 1.29 is 18.8 Å². The van der Waals surface area contributed by atoms with E-state index in [1.807, 2.05) is 13.8 Å². The van der Waals surface area contributed by atoms with Gasteiger partial charge in [0.25, 0.3) is 0 Å². The monoisotopic (exact) mass is 221 g/mol. The molecule has 0 aromatic heterocycles. The number of rotatable bonds is 7. The molecule has 0 saturated heterocycles. The fourth-order valence-electron chi connectivity index (χ4n) is 1.48. The van der Waals surface area contributed by atoms with E-state index in [0.29, 0.717) is 6.42 Å². The molecule has 14 heavy (non-hydrogen) atoms. The minimum absolute atomic E-state index is 0.0453. The molecule has 0 aromatic carbocycles. The molecule has 82 valence electrons. The Bertz CT molecular complexity index is 213. The molecule has 1 unspecified atom stereocenters. The van der Waals surface area contributed by atoms with Crippen LogP contribution in [0.1, 0.15) is 40.0 Å². The Morgan fingerprint density at radius 1 is 1.50 bits per heavy atom. The number of hydrogen-bond acceptors (Lipinski definition) is 3. The van der Waals surface area contributed by atoms with Gasteiger partial charge in [0.1, 0.15) is 0 Å². The Labute approximate surface area is 85.6 Å². The van der Waals surface area contributed by atoms with Crippen LogP contribution < -0.4 is 0 Å². The Morgan fingerprint density at radius 3 is 2.50 bits per heavy atom. The summed E-state index contributed by atoms with van der Waals surface area (Å²) in [7, 11) is -2.65. The van der Waals surface area contributed by atoms with Crippen molar-refractivity contribution >= 4 is 14.0 Å². The summed E-state index contributed by atoms with van der Waals surface area (Å²) < 4.78 is 14.5. The molecule has 4 nitrogen and oxygen atoms in total. The first-order chi connectivity index (χ1) is 6.37. The second kappa shape index (κ2) is 6.23. The van der Waals surface area contributed by atoms with Crippen molar-refractivity contribution in [3.8, 4) is 0 Å². The summed E-state index contributed by atoms with van der Waals surface area (Å²) in [5, 5.41) is 0. The van der Waals surface area contributed by atoms with E-state index in [2.05, 4.69) is 11.4 Å². The molecule has 0 heterocycles. The van der Waals surface area contributed by atoms with E-state index < -0.39 is 8.25 Å². The summed E-state index contributed by atoms with van der Waals surface area (Å²) in [4.78, 5) is 19.6. The quantitative estimate of drug-likeness (QED) is 0.670. The lowest BCUT2D eigenvalue weighted by Gasteiger charge is -2.22. The third-order valence-corrected chi connectivity index (χ3v) is 2.29. The second-order valence-corrected chi connectivity index (χ2v) is 4.87. The molecule has 0 aliphatic heterocycles. The lowest BCUT2D eigenvalue weighted by atomic mass is 9.83. The first kappa shape index (κ1) is 13.7. The summed E-state index contributed by atoms with van der Waals surface area (Å²) in [5.41, 5.74) is -0.0453. The van der Waals surface area contributed by atoms with Gasteiger partial charge in [0.2, 0.25) is 0 Å². The van der Waals surface area contributed by atoms with Gasteiger partial charge in [0.15, 0.2) is 12.4 Å². The fraction of sp³-hybridized carbons (Fsp3) is 0.889. The predicted octanol–water partition coefficient (Wildman–Crippen LogP) is 2.44. The van der Waals surface area contributed by atoms with Crippen molar-refractivity contribution in [2.45, 2.75) is 40.0 Å².